The SMILES string of the molecule is Cc1cc(O)c2c(C)c(CC(=O)NCCc3ccc(Cl)cc3)c(=O)oc2c1. The number of rotatable bonds is 5. The van der Waals surface area contributed by atoms with E-state index in [9.17, 15) is 14.7 Å². The molecule has 0 saturated carbocycles. The van der Waals surface area contributed by atoms with Gasteiger partial charge in [0.05, 0.1) is 17.4 Å². The lowest BCUT2D eigenvalue weighted by Crippen LogP contribution is -2.29. The van der Waals surface area contributed by atoms with Crippen LogP contribution in [-0.2, 0) is 17.6 Å². The van der Waals surface area contributed by atoms with Gasteiger partial charge in [-0.2, -0.15) is 0 Å². The van der Waals surface area contributed by atoms with Gasteiger partial charge in [0.1, 0.15) is 11.3 Å². The second-order valence-corrected chi connectivity index (χ2v) is 6.99. The fourth-order valence-electron chi connectivity index (χ4n) is 3.08. The van der Waals surface area contributed by atoms with Crippen LogP contribution in [0.15, 0.2) is 45.6 Å². The molecule has 0 radical (unpaired) electrons. The summed E-state index contributed by atoms with van der Waals surface area (Å²) in [5.74, 6) is -0.235. The highest BCUT2D eigenvalue weighted by Gasteiger charge is 2.17. The summed E-state index contributed by atoms with van der Waals surface area (Å²) >= 11 is 5.85. The van der Waals surface area contributed by atoms with E-state index in [0.717, 1.165) is 11.1 Å². The minimum atomic E-state index is -0.558. The van der Waals surface area contributed by atoms with Gasteiger partial charge in [-0.3, -0.25) is 4.79 Å². The zero-order valence-corrected chi connectivity index (χ0v) is 15.9. The topological polar surface area (TPSA) is 79.5 Å². The number of aromatic hydroxyl groups is 1. The van der Waals surface area contributed by atoms with E-state index >= 15 is 0 Å². The highest BCUT2D eigenvalue weighted by Crippen LogP contribution is 2.29. The second kappa shape index (κ2) is 7.84. The fraction of sp³-hybridized carbons (Fsp3) is 0.238. The van der Waals surface area contributed by atoms with Crippen LogP contribution in [0.5, 0.6) is 5.75 Å². The molecule has 2 aromatic carbocycles. The van der Waals surface area contributed by atoms with E-state index in [4.69, 9.17) is 16.0 Å². The van der Waals surface area contributed by atoms with Crippen molar-refractivity contribution in [3.63, 3.8) is 0 Å². The van der Waals surface area contributed by atoms with Crippen molar-refractivity contribution in [1.29, 1.82) is 0 Å². The van der Waals surface area contributed by atoms with Gasteiger partial charge in [-0.15, -0.1) is 0 Å². The number of fused-ring (bicyclic) bond motifs is 1. The molecule has 1 aromatic heterocycles. The van der Waals surface area contributed by atoms with Crippen LogP contribution in [0.2, 0.25) is 5.02 Å². The predicted molar refractivity (Wildman–Crippen MR) is 105 cm³/mol. The summed E-state index contributed by atoms with van der Waals surface area (Å²) in [5, 5.41) is 14.1. The van der Waals surface area contributed by atoms with E-state index in [1.54, 1.807) is 38.1 Å². The van der Waals surface area contributed by atoms with Crippen LogP contribution in [0, 0.1) is 13.8 Å². The Bertz CT molecular complexity index is 1050. The zero-order valence-electron chi connectivity index (χ0n) is 15.1. The lowest BCUT2D eigenvalue weighted by atomic mass is 10.0. The highest BCUT2D eigenvalue weighted by atomic mass is 35.5. The van der Waals surface area contributed by atoms with Gasteiger partial charge < -0.3 is 14.8 Å². The molecule has 0 fully saturated rings. The summed E-state index contributed by atoms with van der Waals surface area (Å²) in [7, 11) is 0. The maximum absolute atomic E-state index is 12.3. The third-order valence-corrected chi connectivity index (χ3v) is 4.74. The summed E-state index contributed by atoms with van der Waals surface area (Å²) in [6.07, 6.45) is 0.562. The minimum Gasteiger partial charge on any atom is -0.507 e. The first kappa shape index (κ1) is 19.0. The molecule has 2 N–H and O–H groups in total. The first-order valence-corrected chi connectivity index (χ1v) is 9.00. The molecule has 0 aliphatic heterocycles. The first-order chi connectivity index (χ1) is 12.8. The monoisotopic (exact) mass is 385 g/mol. The van der Waals surface area contributed by atoms with E-state index in [1.165, 1.54) is 0 Å². The molecule has 0 unspecified atom stereocenters. The van der Waals surface area contributed by atoms with E-state index < -0.39 is 5.63 Å². The molecule has 0 bridgehead atoms. The van der Waals surface area contributed by atoms with Crippen molar-refractivity contribution >= 4 is 28.5 Å². The molecule has 0 aliphatic carbocycles. The third kappa shape index (κ3) is 4.31. The number of aryl methyl sites for hydroxylation is 2. The molecular weight excluding hydrogens is 366 g/mol. The van der Waals surface area contributed by atoms with Crippen molar-refractivity contribution in [3.05, 3.63) is 74.1 Å². The number of carbonyl (C=O) groups is 1. The van der Waals surface area contributed by atoms with Crippen LogP contribution in [-0.4, -0.2) is 17.6 Å². The number of nitrogens with one attached hydrogen (secondary N) is 1. The normalized spacial score (nSPS) is 10.9. The lowest BCUT2D eigenvalue weighted by Gasteiger charge is -2.10. The molecule has 0 aliphatic rings. The smallest absolute Gasteiger partial charge is 0.340 e. The maximum atomic E-state index is 12.3. The van der Waals surface area contributed by atoms with Crippen LogP contribution < -0.4 is 10.9 Å². The molecule has 140 valence electrons. The largest absolute Gasteiger partial charge is 0.507 e. The van der Waals surface area contributed by atoms with Gasteiger partial charge in [0, 0.05) is 11.6 Å². The van der Waals surface area contributed by atoms with Crippen molar-refractivity contribution in [1.82, 2.24) is 5.32 Å². The number of phenolic OH excluding ortho intramolecular Hbond substituents is 1. The Kier molecular flexibility index (Phi) is 5.51. The first-order valence-electron chi connectivity index (χ1n) is 8.62. The van der Waals surface area contributed by atoms with E-state index in [-0.39, 0.29) is 23.6 Å². The maximum Gasteiger partial charge on any atom is 0.340 e. The van der Waals surface area contributed by atoms with Crippen LogP contribution in [0.25, 0.3) is 11.0 Å². The Balaban J connectivity index is 1.73. The Hall–Kier alpha value is -2.79. The van der Waals surface area contributed by atoms with Crippen molar-refractivity contribution in [2.75, 3.05) is 6.54 Å². The molecule has 0 atom stereocenters. The average Bonchev–Trinajstić information content (AvgIpc) is 2.59. The molecule has 0 spiro atoms. The Morgan fingerprint density at radius 3 is 2.59 bits per heavy atom. The molecule has 27 heavy (non-hydrogen) atoms. The molecule has 1 heterocycles. The molecular formula is C21H20ClNO4. The van der Waals surface area contributed by atoms with Crippen LogP contribution in [0.4, 0.5) is 0 Å². The quantitative estimate of drug-likeness (QED) is 0.657. The molecule has 3 rings (SSSR count). The summed E-state index contributed by atoms with van der Waals surface area (Å²) in [4.78, 5) is 24.6. The minimum absolute atomic E-state index is 0.0376. The molecule has 1 amide bonds. The van der Waals surface area contributed by atoms with Crippen LogP contribution in [0.3, 0.4) is 0 Å². The van der Waals surface area contributed by atoms with Gasteiger partial charge in [-0.05, 0) is 61.2 Å². The van der Waals surface area contributed by atoms with Crippen molar-refractivity contribution in [2.24, 2.45) is 0 Å². The van der Waals surface area contributed by atoms with Gasteiger partial charge in [-0.25, -0.2) is 4.79 Å². The number of amides is 1. The zero-order chi connectivity index (χ0) is 19.6. The van der Waals surface area contributed by atoms with Crippen molar-refractivity contribution in [2.45, 2.75) is 26.7 Å². The van der Waals surface area contributed by atoms with Gasteiger partial charge in [0.2, 0.25) is 5.91 Å². The number of carbonyl (C=O) groups excluding carboxylic acids is 1. The average molecular weight is 386 g/mol. The van der Waals surface area contributed by atoms with Crippen LogP contribution >= 0.6 is 11.6 Å². The summed E-state index contributed by atoms with van der Waals surface area (Å²) in [6, 6.07) is 10.7. The number of hydrogen-bond acceptors (Lipinski definition) is 4. The summed E-state index contributed by atoms with van der Waals surface area (Å²) in [5.41, 5.74) is 2.42. The molecule has 3 aromatic rings. The predicted octanol–water partition coefficient (Wildman–Crippen LogP) is 3.67. The summed E-state index contributed by atoms with van der Waals surface area (Å²) in [6.45, 7) is 3.96. The Morgan fingerprint density at radius 2 is 1.89 bits per heavy atom. The third-order valence-electron chi connectivity index (χ3n) is 4.49. The van der Waals surface area contributed by atoms with E-state index in [1.807, 2.05) is 12.1 Å². The molecule has 6 heteroatoms. The van der Waals surface area contributed by atoms with E-state index in [2.05, 4.69) is 5.32 Å². The number of hydrogen-bond donors (Lipinski definition) is 2. The Morgan fingerprint density at radius 1 is 1.19 bits per heavy atom. The summed E-state index contributed by atoms with van der Waals surface area (Å²) < 4.78 is 5.31. The fourth-order valence-corrected chi connectivity index (χ4v) is 3.21. The van der Waals surface area contributed by atoms with Gasteiger partial charge in [-0.1, -0.05) is 23.7 Å². The second-order valence-electron chi connectivity index (χ2n) is 6.55. The number of halogens is 1. The van der Waals surface area contributed by atoms with Crippen LogP contribution in [0.1, 0.15) is 22.3 Å². The highest BCUT2D eigenvalue weighted by molar-refractivity contribution is 6.30. The number of phenols is 1. The molecule has 0 saturated heterocycles. The Labute approximate surface area is 161 Å². The van der Waals surface area contributed by atoms with Gasteiger partial charge in [0.15, 0.2) is 0 Å². The molecule has 5 nitrogen and oxygen atoms in total. The van der Waals surface area contributed by atoms with Crippen molar-refractivity contribution in [3.8, 4) is 5.75 Å². The number of benzene rings is 2. The lowest BCUT2D eigenvalue weighted by molar-refractivity contribution is -0.120. The standard InChI is InChI=1S/C21H20ClNO4/c1-12-9-17(24)20-13(2)16(21(26)27-18(20)10-12)11-19(25)23-8-7-14-3-5-15(22)6-4-14/h3-6,9-10,24H,7-8,11H2,1-2H3,(H,23,25). The van der Waals surface area contributed by atoms with Gasteiger partial charge >= 0.3 is 5.63 Å². The van der Waals surface area contributed by atoms with Gasteiger partial charge in [0.25, 0.3) is 0 Å². The van der Waals surface area contributed by atoms with Crippen molar-refractivity contribution < 1.29 is 14.3 Å². The van der Waals surface area contributed by atoms with E-state index in [0.29, 0.717) is 34.5 Å².